The molecule has 0 aliphatic carbocycles. The summed E-state index contributed by atoms with van der Waals surface area (Å²) in [6.45, 7) is 0.183. The van der Waals surface area contributed by atoms with Gasteiger partial charge in [-0.05, 0) is 17.7 Å². The SMILES string of the molecule is COc1ccc(COC(=O)Sc2nc(Cl)c(Cl)s2)cc1. The molecule has 20 heavy (non-hydrogen) atoms. The summed E-state index contributed by atoms with van der Waals surface area (Å²) in [7, 11) is 1.59. The van der Waals surface area contributed by atoms with Gasteiger partial charge < -0.3 is 9.47 Å². The van der Waals surface area contributed by atoms with Gasteiger partial charge in [-0.2, -0.15) is 0 Å². The molecule has 0 aliphatic rings. The lowest BCUT2D eigenvalue weighted by molar-refractivity contribution is 0.168. The lowest BCUT2D eigenvalue weighted by Crippen LogP contribution is -1.97. The second-order valence-electron chi connectivity index (χ2n) is 3.53. The molecule has 0 saturated carbocycles. The quantitative estimate of drug-likeness (QED) is 0.581. The van der Waals surface area contributed by atoms with Crippen molar-refractivity contribution >= 4 is 51.6 Å². The van der Waals surface area contributed by atoms with Crippen LogP contribution in [-0.4, -0.2) is 17.4 Å². The summed E-state index contributed by atoms with van der Waals surface area (Å²) in [5.41, 5.74) is 0.870. The normalized spacial score (nSPS) is 10.3. The molecule has 2 aromatic rings. The topological polar surface area (TPSA) is 48.4 Å². The van der Waals surface area contributed by atoms with Crippen molar-refractivity contribution in [1.82, 2.24) is 4.98 Å². The minimum Gasteiger partial charge on any atom is -0.497 e. The second kappa shape index (κ2) is 7.17. The first-order valence-electron chi connectivity index (χ1n) is 5.38. The summed E-state index contributed by atoms with van der Waals surface area (Å²) in [5.74, 6) is 0.751. The van der Waals surface area contributed by atoms with Crippen molar-refractivity contribution in [1.29, 1.82) is 0 Å². The lowest BCUT2D eigenvalue weighted by Gasteiger charge is -2.04. The average molecular weight is 350 g/mol. The molecule has 0 unspecified atom stereocenters. The fourth-order valence-corrected chi connectivity index (χ4v) is 3.41. The standard InChI is InChI=1S/C12H9Cl2NO3S2/c1-17-8-4-2-7(3-5-8)6-18-12(16)20-11-15-9(13)10(14)19-11/h2-5H,6H2,1H3. The summed E-state index contributed by atoms with van der Waals surface area (Å²) in [5, 5.41) is -0.259. The van der Waals surface area contributed by atoms with E-state index in [1.165, 1.54) is 0 Å². The first-order chi connectivity index (χ1) is 9.58. The van der Waals surface area contributed by atoms with Gasteiger partial charge in [0.1, 0.15) is 16.7 Å². The number of carbonyl (C=O) groups excluding carboxylic acids is 1. The van der Waals surface area contributed by atoms with Crippen LogP contribution in [0.2, 0.25) is 9.49 Å². The van der Waals surface area contributed by atoms with E-state index in [2.05, 4.69) is 4.98 Å². The van der Waals surface area contributed by atoms with Crippen molar-refractivity contribution in [3.05, 3.63) is 39.3 Å². The summed E-state index contributed by atoms with van der Waals surface area (Å²) < 4.78 is 11.0. The van der Waals surface area contributed by atoms with Gasteiger partial charge in [0.15, 0.2) is 9.49 Å². The van der Waals surface area contributed by atoms with Crippen LogP contribution in [0.3, 0.4) is 0 Å². The first kappa shape index (κ1) is 15.4. The molecule has 1 aromatic carbocycles. The Kier molecular flexibility index (Phi) is 5.54. The third-order valence-corrected chi connectivity index (χ3v) is 4.80. The number of thiazole rings is 1. The van der Waals surface area contributed by atoms with Gasteiger partial charge in [-0.3, -0.25) is 0 Å². The molecule has 106 valence electrons. The van der Waals surface area contributed by atoms with Crippen LogP contribution in [0.4, 0.5) is 4.79 Å². The maximum Gasteiger partial charge on any atom is 0.374 e. The predicted octanol–water partition coefficient (Wildman–Crippen LogP) is 4.89. The zero-order valence-electron chi connectivity index (χ0n) is 10.3. The van der Waals surface area contributed by atoms with Crippen LogP contribution >= 0.6 is 46.3 Å². The number of methoxy groups -OCH3 is 1. The van der Waals surface area contributed by atoms with E-state index in [4.69, 9.17) is 32.7 Å². The van der Waals surface area contributed by atoms with Gasteiger partial charge in [0.05, 0.1) is 7.11 Å². The van der Waals surface area contributed by atoms with Crippen LogP contribution in [0, 0.1) is 0 Å². The van der Waals surface area contributed by atoms with Crippen molar-refractivity contribution in [3.63, 3.8) is 0 Å². The Balaban J connectivity index is 1.85. The molecule has 0 radical (unpaired) electrons. The van der Waals surface area contributed by atoms with Crippen molar-refractivity contribution in [2.24, 2.45) is 0 Å². The molecule has 1 aromatic heterocycles. The third-order valence-electron chi connectivity index (χ3n) is 2.21. The number of rotatable bonds is 4. The molecule has 0 saturated heterocycles. The molecule has 2 rings (SSSR count). The summed E-state index contributed by atoms with van der Waals surface area (Å²) >= 11 is 13.5. The van der Waals surface area contributed by atoms with Gasteiger partial charge in [-0.25, -0.2) is 9.78 Å². The maximum atomic E-state index is 11.6. The van der Waals surface area contributed by atoms with Crippen LogP contribution < -0.4 is 4.74 Å². The summed E-state index contributed by atoms with van der Waals surface area (Å²) in [4.78, 5) is 15.6. The summed E-state index contributed by atoms with van der Waals surface area (Å²) in [6, 6.07) is 7.26. The largest absolute Gasteiger partial charge is 0.497 e. The van der Waals surface area contributed by atoms with Gasteiger partial charge in [-0.15, -0.1) is 0 Å². The van der Waals surface area contributed by atoms with Crippen LogP contribution in [-0.2, 0) is 11.3 Å². The molecule has 0 atom stereocenters. The Morgan fingerprint density at radius 3 is 2.60 bits per heavy atom. The number of nitrogens with zero attached hydrogens (tertiary/aromatic N) is 1. The Hall–Kier alpha value is -0.950. The van der Waals surface area contributed by atoms with Gasteiger partial charge in [0.25, 0.3) is 0 Å². The van der Waals surface area contributed by atoms with Crippen LogP contribution in [0.25, 0.3) is 0 Å². The average Bonchev–Trinajstić information content (AvgIpc) is 2.75. The zero-order chi connectivity index (χ0) is 14.5. The Morgan fingerprint density at radius 1 is 1.35 bits per heavy atom. The number of hydrogen-bond donors (Lipinski definition) is 0. The molecular weight excluding hydrogens is 341 g/mol. The van der Waals surface area contributed by atoms with E-state index < -0.39 is 5.30 Å². The smallest absolute Gasteiger partial charge is 0.374 e. The molecule has 0 amide bonds. The van der Waals surface area contributed by atoms with Crippen LogP contribution in [0.15, 0.2) is 28.6 Å². The molecule has 0 bridgehead atoms. The minimum atomic E-state index is -0.456. The van der Waals surface area contributed by atoms with E-state index in [0.717, 1.165) is 34.4 Å². The van der Waals surface area contributed by atoms with E-state index in [0.29, 0.717) is 8.68 Å². The van der Waals surface area contributed by atoms with E-state index in [-0.39, 0.29) is 11.8 Å². The maximum absolute atomic E-state index is 11.6. The van der Waals surface area contributed by atoms with Crippen molar-refractivity contribution < 1.29 is 14.3 Å². The monoisotopic (exact) mass is 349 g/mol. The predicted molar refractivity (Wildman–Crippen MR) is 81.2 cm³/mol. The minimum absolute atomic E-state index is 0.183. The van der Waals surface area contributed by atoms with Crippen LogP contribution in [0.5, 0.6) is 5.75 Å². The Labute approximate surface area is 134 Å². The highest BCUT2D eigenvalue weighted by Crippen LogP contribution is 2.34. The first-order valence-corrected chi connectivity index (χ1v) is 7.76. The number of hydrogen-bond acceptors (Lipinski definition) is 6. The summed E-state index contributed by atoms with van der Waals surface area (Å²) in [6.07, 6.45) is 0. The molecule has 0 aliphatic heterocycles. The Morgan fingerprint density at radius 2 is 2.05 bits per heavy atom. The molecule has 0 spiro atoms. The number of thioether (sulfide) groups is 1. The fraction of sp³-hybridized carbons (Fsp3) is 0.167. The van der Waals surface area contributed by atoms with E-state index in [1.807, 2.05) is 12.1 Å². The number of ether oxygens (including phenoxy) is 2. The molecule has 0 N–H and O–H groups in total. The highest BCUT2D eigenvalue weighted by Gasteiger charge is 2.13. The van der Waals surface area contributed by atoms with Crippen molar-refractivity contribution in [2.45, 2.75) is 10.9 Å². The van der Waals surface area contributed by atoms with Gasteiger partial charge in [0.2, 0.25) is 0 Å². The second-order valence-corrected chi connectivity index (χ2v) is 6.67. The van der Waals surface area contributed by atoms with E-state index in [1.54, 1.807) is 19.2 Å². The number of halogens is 2. The van der Waals surface area contributed by atoms with Gasteiger partial charge in [0, 0.05) is 11.8 Å². The molecule has 8 heteroatoms. The lowest BCUT2D eigenvalue weighted by atomic mass is 10.2. The van der Waals surface area contributed by atoms with Crippen LogP contribution in [0.1, 0.15) is 5.56 Å². The Bertz CT molecular complexity index is 582. The van der Waals surface area contributed by atoms with Crippen molar-refractivity contribution in [3.8, 4) is 5.75 Å². The fourth-order valence-electron chi connectivity index (χ4n) is 1.27. The zero-order valence-corrected chi connectivity index (χ0v) is 13.4. The highest BCUT2D eigenvalue weighted by atomic mass is 35.5. The van der Waals surface area contributed by atoms with E-state index >= 15 is 0 Å². The van der Waals surface area contributed by atoms with Gasteiger partial charge in [-0.1, -0.05) is 46.7 Å². The number of carbonyl (C=O) groups is 1. The molecule has 4 nitrogen and oxygen atoms in total. The molecule has 1 heterocycles. The molecule has 0 fully saturated rings. The van der Waals surface area contributed by atoms with Crippen molar-refractivity contribution in [2.75, 3.05) is 7.11 Å². The highest BCUT2D eigenvalue weighted by molar-refractivity contribution is 8.14. The molecular formula is C12H9Cl2NO3S2. The van der Waals surface area contributed by atoms with E-state index in [9.17, 15) is 4.79 Å². The number of benzene rings is 1. The third kappa shape index (κ3) is 4.28. The number of aromatic nitrogens is 1. The van der Waals surface area contributed by atoms with Gasteiger partial charge >= 0.3 is 5.30 Å².